The summed E-state index contributed by atoms with van der Waals surface area (Å²) in [5.41, 5.74) is 2.81. The molecule has 0 spiro atoms. The Kier molecular flexibility index (Phi) is 4.61. The van der Waals surface area contributed by atoms with Gasteiger partial charge in [-0.3, -0.25) is 0 Å². The molecule has 1 aromatic carbocycles. The molecule has 1 aliphatic rings. The van der Waals surface area contributed by atoms with Crippen molar-refractivity contribution < 1.29 is 9.84 Å². The number of hydrogen-bond acceptors (Lipinski definition) is 3. The second-order valence-corrected chi connectivity index (χ2v) is 5.09. The van der Waals surface area contributed by atoms with E-state index < -0.39 is 0 Å². The molecule has 1 aromatic rings. The van der Waals surface area contributed by atoms with Gasteiger partial charge in [-0.2, -0.15) is 0 Å². The van der Waals surface area contributed by atoms with Gasteiger partial charge in [0.05, 0.1) is 7.11 Å². The zero-order valence-electron chi connectivity index (χ0n) is 11.3. The van der Waals surface area contributed by atoms with Crippen LogP contribution >= 0.6 is 0 Å². The van der Waals surface area contributed by atoms with E-state index in [1.54, 1.807) is 7.11 Å². The Morgan fingerprint density at radius 2 is 2.33 bits per heavy atom. The van der Waals surface area contributed by atoms with Gasteiger partial charge in [-0.15, -0.1) is 0 Å². The minimum atomic E-state index is 0.279. The van der Waals surface area contributed by atoms with Gasteiger partial charge in [0.15, 0.2) is 0 Å². The first-order valence-electron chi connectivity index (χ1n) is 6.78. The van der Waals surface area contributed by atoms with Crippen molar-refractivity contribution in [1.82, 2.24) is 5.32 Å². The van der Waals surface area contributed by atoms with Crippen LogP contribution in [0.3, 0.4) is 0 Å². The quantitative estimate of drug-likeness (QED) is 0.813. The Hall–Kier alpha value is -1.06. The van der Waals surface area contributed by atoms with Gasteiger partial charge in [0.25, 0.3) is 0 Å². The summed E-state index contributed by atoms with van der Waals surface area (Å²) >= 11 is 0. The number of ether oxygens (including phenoxy) is 1. The number of fused-ring (bicyclic) bond motifs is 1. The van der Waals surface area contributed by atoms with Crippen molar-refractivity contribution >= 4 is 0 Å². The van der Waals surface area contributed by atoms with Crippen LogP contribution in [0.2, 0.25) is 0 Å². The van der Waals surface area contributed by atoms with Crippen molar-refractivity contribution in [2.75, 3.05) is 13.7 Å². The molecule has 1 aliphatic carbocycles. The lowest BCUT2D eigenvalue weighted by Crippen LogP contribution is -2.29. The Labute approximate surface area is 109 Å². The predicted octanol–water partition coefficient (Wildman–Crippen LogP) is 2.43. The van der Waals surface area contributed by atoms with E-state index in [4.69, 9.17) is 9.84 Å². The fourth-order valence-corrected chi connectivity index (χ4v) is 2.70. The molecule has 2 N–H and O–H groups in total. The first-order valence-corrected chi connectivity index (χ1v) is 6.78. The summed E-state index contributed by atoms with van der Waals surface area (Å²) in [7, 11) is 1.71. The highest BCUT2D eigenvalue weighted by molar-refractivity contribution is 5.40. The number of aryl methyl sites for hydroxylation is 1. The summed E-state index contributed by atoms with van der Waals surface area (Å²) in [5, 5.41) is 12.5. The fourth-order valence-electron chi connectivity index (χ4n) is 2.70. The largest absolute Gasteiger partial charge is 0.497 e. The average Bonchev–Trinajstić information content (AvgIpc) is 2.78. The van der Waals surface area contributed by atoms with E-state index in [0.717, 1.165) is 31.4 Å². The summed E-state index contributed by atoms with van der Waals surface area (Å²) < 4.78 is 5.30. The van der Waals surface area contributed by atoms with Crippen molar-refractivity contribution in [3.8, 4) is 5.75 Å². The summed E-state index contributed by atoms with van der Waals surface area (Å²) in [6.45, 7) is 2.47. The molecule has 2 atom stereocenters. The first kappa shape index (κ1) is 13.4. The zero-order chi connectivity index (χ0) is 13.0. The second-order valence-electron chi connectivity index (χ2n) is 5.09. The third kappa shape index (κ3) is 3.03. The van der Waals surface area contributed by atoms with E-state index >= 15 is 0 Å². The van der Waals surface area contributed by atoms with E-state index in [-0.39, 0.29) is 6.61 Å². The molecule has 3 heteroatoms. The van der Waals surface area contributed by atoms with E-state index in [2.05, 4.69) is 24.4 Å². The third-order valence-corrected chi connectivity index (χ3v) is 3.71. The van der Waals surface area contributed by atoms with E-state index in [1.165, 1.54) is 11.1 Å². The van der Waals surface area contributed by atoms with Gasteiger partial charge in [-0.05, 0) is 55.9 Å². The molecule has 0 aliphatic heterocycles. The molecule has 0 saturated heterocycles. The monoisotopic (exact) mass is 249 g/mol. The van der Waals surface area contributed by atoms with Crippen LogP contribution in [0.15, 0.2) is 18.2 Å². The lowest BCUT2D eigenvalue weighted by Gasteiger charge is -2.20. The van der Waals surface area contributed by atoms with Crippen LogP contribution in [0, 0.1) is 0 Å². The molecule has 0 saturated carbocycles. The highest BCUT2D eigenvalue weighted by atomic mass is 16.5. The number of aliphatic hydroxyl groups is 1. The molecule has 18 heavy (non-hydrogen) atoms. The molecule has 2 rings (SSSR count). The molecule has 2 unspecified atom stereocenters. The molecule has 0 fully saturated rings. The maximum Gasteiger partial charge on any atom is 0.119 e. The van der Waals surface area contributed by atoms with Gasteiger partial charge in [0, 0.05) is 18.7 Å². The molecule has 0 heterocycles. The fraction of sp³-hybridized carbons (Fsp3) is 0.600. The SMILES string of the molecule is COc1ccc2c(c1)C(NC(C)CCCO)CC2. The number of aliphatic hydroxyl groups excluding tert-OH is 1. The normalized spacial score (nSPS) is 19.6. The number of rotatable bonds is 6. The van der Waals surface area contributed by atoms with Crippen LogP contribution in [0.25, 0.3) is 0 Å². The van der Waals surface area contributed by atoms with Crippen molar-refractivity contribution in [3.05, 3.63) is 29.3 Å². The molecule has 3 nitrogen and oxygen atoms in total. The highest BCUT2D eigenvalue weighted by Crippen LogP contribution is 2.34. The van der Waals surface area contributed by atoms with Crippen molar-refractivity contribution in [3.63, 3.8) is 0 Å². The Morgan fingerprint density at radius 3 is 3.06 bits per heavy atom. The van der Waals surface area contributed by atoms with Crippen LogP contribution in [0.1, 0.15) is 43.4 Å². The summed E-state index contributed by atoms with van der Waals surface area (Å²) in [5.74, 6) is 0.936. The van der Waals surface area contributed by atoms with Gasteiger partial charge in [0.2, 0.25) is 0 Å². The molecule has 100 valence electrons. The summed E-state index contributed by atoms with van der Waals surface area (Å²) in [4.78, 5) is 0. The molecule has 0 aromatic heterocycles. The average molecular weight is 249 g/mol. The Morgan fingerprint density at radius 1 is 1.50 bits per heavy atom. The molecular formula is C15H23NO2. The lowest BCUT2D eigenvalue weighted by molar-refractivity contribution is 0.273. The maximum atomic E-state index is 8.86. The molecular weight excluding hydrogens is 226 g/mol. The smallest absolute Gasteiger partial charge is 0.119 e. The number of hydrogen-bond donors (Lipinski definition) is 2. The summed E-state index contributed by atoms with van der Waals surface area (Å²) in [6.07, 6.45) is 4.19. The minimum absolute atomic E-state index is 0.279. The van der Waals surface area contributed by atoms with E-state index in [0.29, 0.717) is 12.1 Å². The highest BCUT2D eigenvalue weighted by Gasteiger charge is 2.23. The van der Waals surface area contributed by atoms with Crippen LogP contribution in [-0.2, 0) is 6.42 Å². The maximum absolute atomic E-state index is 8.86. The van der Waals surface area contributed by atoms with Crippen LogP contribution in [0.4, 0.5) is 0 Å². The van der Waals surface area contributed by atoms with Crippen LogP contribution in [0.5, 0.6) is 5.75 Å². The predicted molar refractivity (Wildman–Crippen MR) is 73.0 cm³/mol. The van der Waals surface area contributed by atoms with Gasteiger partial charge in [-0.25, -0.2) is 0 Å². The number of nitrogens with one attached hydrogen (secondary N) is 1. The van der Waals surface area contributed by atoms with Gasteiger partial charge in [0.1, 0.15) is 5.75 Å². The minimum Gasteiger partial charge on any atom is -0.497 e. The van der Waals surface area contributed by atoms with Gasteiger partial charge in [-0.1, -0.05) is 6.07 Å². The van der Waals surface area contributed by atoms with Gasteiger partial charge >= 0.3 is 0 Å². The second kappa shape index (κ2) is 6.21. The molecule has 0 bridgehead atoms. The topological polar surface area (TPSA) is 41.5 Å². The van der Waals surface area contributed by atoms with E-state index in [1.807, 2.05) is 6.07 Å². The van der Waals surface area contributed by atoms with Crippen LogP contribution < -0.4 is 10.1 Å². The lowest BCUT2D eigenvalue weighted by atomic mass is 10.1. The Bertz CT molecular complexity index is 392. The van der Waals surface area contributed by atoms with Crippen molar-refractivity contribution in [2.45, 2.75) is 44.7 Å². The van der Waals surface area contributed by atoms with E-state index in [9.17, 15) is 0 Å². The first-order chi connectivity index (χ1) is 8.74. The number of benzene rings is 1. The molecule has 0 radical (unpaired) electrons. The molecule has 0 amide bonds. The third-order valence-electron chi connectivity index (χ3n) is 3.71. The van der Waals surface area contributed by atoms with Crippen molar-refractivity contribution in [1.29, 1.82) is 0 Å². The summed E-state index contributed by atoms with van der Waals surface area (Å²) in [6, 6.07) is 7.24. The standard InChI is InChI=1S/C15H23NO2/c1-11(4-3-9-17)16-15-8-6-12-5-7-13(18-2)10-14(12)15/h5,7,10-11,15-17H,3-4,6,8-9H2,1-2H3. The van der Waals surface area contributed by atoms with Crippen molar-refractivity contribution in [2.24, 2.45) is 0 Å². The zero-order valence-corrected chi connectivity index (χ0v) is 11.3. The number of methoxy groups -OCH3 is 1. The Balaban J connectivity index is 2.01. The van der Waals surface area contributed by atoms with Gasteiger partial charge < -0.3 is 15.2 Å². The van der Waals surface area contributed by atoms with Crippen LogP contribution in [-0.4, -0.2) is 24.9 Å².